The smallest absolute Gasteiger partial charge is 0.224 e. The van der Waals surface area contributed by atoms with Crippen LogP contribution in [0.2, 0.25) is 0 Å². The lowest BCUT2D eigenvalue weighted by molar-refractivity contribution is -0.131. The van der Waals surface area contributed by atoms with Gasteiger partial charge in [0.2, 0.25) is 11.9 Å². The fourth-order valence-corrected chi connectivity index (χ4v) is 3.38. The number of hydrogen-bond acceptors (Lipinski definition) is 7. The first-order valence-electron chi connectivity index (χ1n) is 9.52. The highest BCUT2D eigenvalue weighted by atomic mass is 16.5. The number of carbonyl (C=O) groups is 1. The second-order valence-electron chi connectivity index (χ2n) is 6.89. The van der Waals surface area contributed by atoms with Gasteiger partial charge in [0, 0.05) is 56.5 Å². The summed E-state index contributed by atoms with van der Waals surface area (Å²) in [7, 11) is 0. The Morgan fingerprint density at radius 2 is 1.93 bits per heavy atom. The Morgan fingerprint density at radius 1 is 1.19 bits per heavy atom. The van der Waals surface area contributed by atoms with Gasteiger partial charge in [0.1, 0.15) is 11.6 Å². The summed E-state index contributed by atoms with van der Waals surface area (Å²) >= 11 is 0. The first kappa shape index (κ1) is 19.1. The van der Waals surface area contributed by atoms with Crippen LogP contribution in [0.5, 0.6) is 0 Å². The van der Waals surface area contributed by atoms with Gasteiger partial charge in [-0.1, -0.05) is 5.16 Å². The van der Waals surface area contributed by atoms with E-state index >= 15 is 0 Å². The summed E-state index contributed by atoms with van der Waals surface area (Å²) < 4.78 is 5.17. The molecule has 1 N–H and O–H groups in total. The van der Waals surface area contributed by atoms with Crippen LogP contribution in [0.1, 0.15) is 36.1 Å². The monoisotopic (exact) mass is 372 g/mol. The summed E-state index contributed by atoms with van der Waals surface area (Å²) in [5, 5.41) is 7.12. The molecule has 1 aliphatic heterocycles. The zero-order valence-electron chi connectivity index (χ0n) is 16.6. The van der Waals surface area contributed by atoms with E-state index in [2.05, 4.69) is 25.3 Å². The zero-order chi connectivity index (χ0) is 19.4. The number of nitrogens with one attached hydrogen (secondary N) is 1. The summed E-state index contributed by atoms with van der Waals surface area (Å²) in [4.78, 5) is 25.7. The molecule has 0 aromatic carbocycles. The van der Waals surface area contributed by atoms with E-state index in [1.54, 1.807) is 0 Å². The lowest BCUT2D eigenvalue weighted by atomic mass is 10.1. The van der Waals surface area contributed by atoms with E-state index in [1.165, 1.54) is 0 Å². The summed E-state index contributed by atoms with van der Waals surface area (Å²) in [6, 6.07) is 2.00. The fraction of sp³-hybridized carbons (Fsp3) is 0.579. The molecule has 2 aromatic heterocycles. The predicted molar refractivity (Wildman–Crippen MR) is 104 cm³/mol. The minimum Gasteiger partial charge on any atom is -0.361 e. The molecule has 0 spiro atoms. The number of anilines is 2. The van der Waals surface area contributed by atoms with E-state index < -0.39 is 0 Å². The maximum Gasteiger partial charge on any atom is 0.224 e. The van der Waals surface area contributed by atoms with E-state index in [4.69, 9.17) is 4.52 Å². The number of piperazine rings is 1. The van der Waals surface area contributed by atoms with Crippen LogP contribution in [0.3, 0.4) is 0 Å². The molecule has 27 heavy (non-hydrogen) atoms. The van der Waals surface area contributed by atoms with Crippen molar-refractivity contribution in [2.75, 3.05) is 42.9 Å². The van der Waals surface area contributed by atoms with Crippen LogP contribution in [0.25, 0.3) is 0 Å². The quantitative estimate of drug-likeness (QED) is 0.831. The van der Waals surface area contributed by atoms with Crippen molar-refractivity contribution in [2.45, 2.75) is 40.5 Å². The van der Waals surface area contributed by atoms with E-state index in [0.29, 0.717) is 31.9 Å². The minimum absolute atomic E-state index is 0.182. The van der Waals surface area contributed by atoms with E-state index in [9.17, 15) is 4.79 Å². The van der Waals surface area contributed by atoms with E-state index in [-0.39, 0.29) is 5.91 Å². The second-order valence-corrected chi connectivity index (χ2v) is 6.89. The highest BCUT2D eigenvalue weighted by Crippen LogP contribution is 2.18. The van der Waals surface area contributed by atoms with E-state index in [0.717, 1.165) is 48.2 Å². The van der Waals surface area contributed by atoms with Gasteiger partial charge in [-0.05, 0) is 34.1 Å². The van der Waals surface area contributed by atoms with Gasteiger partial charge in [-0.25, -0.2) is 4.98 Å². The minimum atomic E-state index is 0.182. The standard InChI is InChI=1S/C19H28N6O2/c1-5-20-19-21-13(2)12-17(22-19)24-8-10-25(11-9-24)18(26)7-6-16-14(3)23-27-15(16)4/h12H,5-11H2,1-4H3,(H,20,21,22). The highest BCUT2D eigenvalue weighted by molar-refractivity contribution is 5.76. The lowest BCUT2D eigenvalue weighted by Crippen LogP contribution is -2.49. The maximum absolute atomic E-state index is 12.6. The molecule has 8 nitrogen and oxygen atoms in total. The van der Waals surface area contributed by atoms with Crippen molar-refractivity contribution in [3.63, 3.8) is 0 Å². The second kappa shape index (κ2) is 8.37. The molecule has 146 valence electrons. The molecule has 0 unspecified atom stereocenters. The zero-order valence-corrected chi connectivity index (χ0v) is 16.6. The molecule has 0 radical (unpaired) electrons. The van der Waals surface area contributed by atoms with Gasteiger partial charge in [0.25, 0.3) is 0 Å². The van der Waals surface area contributed by atoms with Crippen molar-refractivity contribution in [3.05, 3.63) is 28.8 Å². The Balaban J connectivity index is 1.55. The third-order valence-electron chi connectivity index (χ3n) is 4.90. The number of carbonyl (C=O) groups excluding carboxylic acids is 1. The molecule has 2 aromatic rings. The van der Waals surface area contributed by atoms with Crippen LogP contribution < -0.4 is 10.2 Å². The number of aryl methyl sites for hydroxylation is 3. The van der Waals surface area contributed by atoms with Crippen LogP contribution in [-0.4, -0.2) is 58.7 Å². The molecule has 1 saturated heterocycles. The fourth-order valence-electron chi connectivity index (χ4n) is 3.38. The van der Waals surface area contributed by atoms with Crippen LogP contribution in [0.15, 0.2) is 10.6 Å². The Kier molecular flexibility index (Phi) is 5.93. The normalized spacial score (nSPS) is 14.5. The average molecular weight is 372 g/mol. The molecule has 1 fully saturated rings. The number of rotatable bonds is 6. The van der Waals surface area contributed by atoms with Gasteiger partial charge in [-0.15, -0.1) is 0 Å². The first-order valence-corrected chi connectivity index (χ1v) is 9.52. The number of hydrogen-bond donors (Lipinski definition) is 1. The summed E-state index contributed by atoms with van der Waals surface area (Å²) in [6.07, 6.45) is 1.16. The Morgan fingerprint density at radius 3 is 2.56 bits per heavy atom. The Hall–Kier alpha value is -2.64. The van der Waals surface area contributed by atoms with Gasteiger partial charge >= 0.3 is 0 Å². The summed E-state index contributed by atoms with van der Waals surface area (Å²) in [6.45, 7) is 11.6. The van der Waals surface area contributed by atoms with Crippen molar-refractivity contribution in [1.29, 1.82) is 0 Å². The number of amides is 1. The third-order valence-corrected chi connectivity index (χ3v) is 4.90. The Labute approximate surface area is 159 Å². The van der Waals surface area contributed by atoms with Crippen LogP contribution in [0.4, 0.5) is 11.8 Å². The SMILES string of the molecule is CCNc1nc(C)cc(N2CCN(C(=O)CCc3c(C)noc3C)CC2)n1. The molecular weight excluding hydrogens is 344 g/mol. The van der Waals surface area contributed by atoms with Gasteiger partial charge < -0.3 is 19.6 Å². The molecule has 0 saturated carbocycles. The summed E-state index contributed by atoms with van der Waals surface area (Å²) in [5.41, 5.74) is 2.86. The average Bonchev–Trinajstić information content (AvgIpc) is 2.97. The van der Waals surface area contributed by atoms with Crippen LogP contribution >= 0.6 is 0 Å². The van der Waals surface area contributed by atoms with Crippen LogP contribution in [-0.2, 0) is 11.2 Å². The third kappa shape index (κ3) is 4.56. The molecule has 0 aliphatic carbocycles. The largest absolute Gasteiger partial charge is 0.361 e. The number of aromatic nitrogens is 3. The van der Waals surface area contributed by atoms with Gasteiger partial charge in [-0.2, -0.15) is 4.98 Å². The van der Waals surface area contributed by atoms with Gasteiger partial charge in [-0.3, -0.25) is 4.79 Å². The first-order chi connectivity index (χ1) is 13.0. The molecule has 1 aliphatic rings. The molecule has 0 atom stereocenters. The van der Waals surface area contributed by atoms with E-state index in [1.807, 2.05) is 38.7 Å². The summed E-state index contributed by atoms with van der Waals surface area (Å²) in [5.74, 6) is 2.56. The van der Waals surface area contributed by atoms with Crippen molar-refractivity contribution in [3.8, 4) is 0 Å². The molecule has 3 heterocycles. The lowest BCUT2D eigenvalue weighted by Gasteiger charge is -2.35. The van der Waals surface area contributed by atoms with Crippen molar-refractivity contribution in [2.24, 2.45) is 0 Å². The highest BCUT2D eigenvalue weighted by Gasteiger charge is 2.23. The molecule has 3 rings (SSSR count). The predicted octanol–water partition coefficient (Wildman–Crippen LogP) is 2.10. The molecule has 8 heteroatoms. The van der Waals surface area contributed by atoms with Crippen molar-refractivity contribution < 1.29 is 9.32 Å². The Bertz CT molecular complexity index is 776. The number of nitrogens with zero attached hydrogens (tertiary/aromatic N) is 5. The van der Waals surface area contributed by atoms with Crippen molar-refractivity contribution in [1.82, 2.24) is 20.0 Å². The topological polar surface area (TPSA) is 87.4 Å². The van der Waals surface area contributed by atoms with Crippen molar-refractivity contribution >= 4 is 17.7 Å². The molecule has 0 bridgehead atoms. The van der Waals surface area contributed by atoms with Crippen LogP contribution in [0, 0.1) is 20.8 Å². The van der Waals surface area contributed by atoms with Gasteiger partial charge in [0.15, 0.2) is 0 Å². The molecule has 1 amide bonds. The van der Waals surface area contributed by atoms with Gasteiger partial charge in [0.05, 0.1) is 5.69 Å². The maximum atomic E-state index is 12.6. The molecular formula is C19H28N6O2.